The molecule has 0 aliphatic carbocycles. The Kier molecular flexibility index (Phi) is 4.68. The number of methoxy groups -OCH3 is 2. The Bertz CT molecular complexity index is 738. The van der Waals surface area contributed by atoms with E-state index >= 15 is 0 Å². The molecule has 2 aromatic rings. The number of fused-ring (bicyclic) bond motifs is 1. The largest absolute Gasteiger partial charge is 0.493 e. The van der Waals surface area contributed by atoms with Crippen molar-refractivity contribution in [2.75, 3.05) is 20.8 Å². The van der Waals surface area contributed by atoms with Crippen LogP contribution < -0.4 is 9.47 Å². The second kappa shape index (κ2) is 6.36. The third-order valence-electron chi connectivity index (χ3n) is 3.28. The highest BCUT2D eigenvalue weighted by molar-refractivity contribution is 5.98. The Morgan fingerprint density at radius 2 is 1.52 bits per heavy atom. The van der Waals surface area contributed by atoms with Crippen molar-refractivity contribution in [1.82, 2.24) is 0 Å². The van der Waals surface area contributed by atoms with Gasteiger partial charge in [0.2, 0.25) is 0 Å². The molecule has 23 heavy (non-hydrogen) atoms. The molecule has 0 spiro atoms. The number of hydrogen-bond donors (Lipinski definition) is 0. The summed E-state index contributed by atoms with van der Waals surface area (Å²) in [7, 11) is 2.81. The molecule has 0 aliphatic heterocycles. The van der Waals surface area contributed by atoms with Crippen LogP contribution in [0, 0.1) is 0 Å². The Labute approximate surface area is 130 Å². The third-order valence-corrected chi connectivity index (χ3v) is 3.28. The zero-order chi connectivity index (χ0) is 17.2. The molecule has 0 saturated carbocycles. The molecule has 4 nitrogen and oxygen atoms in total. The van der Waals surface area contributed by atoms with Crippen molar-refractivity contribution in [2.24, 2.45) is 0 Å². The second-order valence-corrected chi connectivity index (χ2v) is 4.67. The fourth-order valence-electron chi connectivity index (χ4n) is 2.24. The van der Waals surface area contributed by atoms with Crippen LogP contribution in [-0.2, 0) is 10.9 Å². The number of ether oxygens (including phenoxy) is 3. The van der Waals surface area contributed by atoms with E-state index in [9.17, 15) is 18.0 Å². The van der Waals surface area contributed by atoms with Crippen LogP contribution in [0.1, 0.15) is 22.8 Å². The predicted molar refractivity (Wildman–Crippen MR) is 78.0 cm³/mol. The summed E-state index contributed by atoms with van der Waals surface area (Å²) in [5.74, 6) is -0.358. The van der Waals surface area contributed by atoms with E-state index in [0.717, 1.165) is 12.1 Å². The van der Waals surface area contributed by atoms with Gasteiger partial charge in [0.1, 0.15) is 0 Å². The van der Waals surface area contributed by atoms with E-state index < -0.39 is 23.3 Å². The van der Waals surface area contributed by atoms with Crippen molar-refractivity contribution in [2.45, 2.75) is 13.1 Å². The van der Waals surface area contributed by atoms with E-state index in [2.05, 4.69) is 0 Å². The maximum absolute atomic E-state index is 13.2. The summed E-state index contributed by atoms with van der Waals surface area (Å²) in [5, 5.41) is 0.696. The van der Waals surface area contributed by atoms with Gasteiger partial charge in [0.25, 0.3) is 0 Å². The summed E-state index contributed by atoms with van der Waals surface area (Å²) in [6.45, 7) is 1.51. The predicted octanol–water partition coefficient (Wildman–Crippen LogP) is 4.05. The first kappa shape index (κ1) is 16.9. The average Bonchev–Trinajstić information content (AvgIpc) is 2.51. The van der Waals surface area contributed by atoms with E-state index in [-0.39, 0.29) is 12.0 Å². The molecule has 7 heteroatoms. The molecule has 0 N–H and O–H groups in total. The number of hydrogen-bond acceptors (Lipinski definition) is 4. The van der Waals surface area contributed by atoms with Gasteiger partial charge >= 0.3 is 12.1 Å². The van der Waals surface area contributed by atoms with E-state index in [1.165, 1.54) is 33.3 Å². The van der Waals surface area contributed by atoms with Gasteiger partial charge in [0.05, 0.1) is 32.0 Å². The van der Waals surface area contributed by atoms with Gasteiger partial charge in [0, 0.05) is 0 Å². The fourth-order valence-corrected chi connectivity index (χ4v) is 2.24. The van der Waals surface area contributed by atoms with Gasteiger partial charge in [-0.25, -0.2) is 4.79 Å². The molecule has 0 heterocycles. The molecule has 0 bridgehead atoms. The van der Waals surface area contributed by atoms with Crippen molar-refractivity contribution in [3.05, 3.63) is 35.4 Å². The average molecular weight is 328 g/mol. The molecule has 124 valence electrons. The highest BCUT2D eigenvalue weighted by atomic mass is 19.4. The molecular formula is C16H15F3O4. The van der Waals surface area contributed by atoms with Gasteiger partial charge in [-0.05, 0) is 42.0 Å². The van der Waals surface area contributed by atoms with Gasteiger partial charge in [-0.15, -0.1) is 0 Å². The molecule has 2 aromatic carbocycles. The number of rotatable bonds is 4. The number of alkyl halides is 3. The monoisotopic (exact) mass is 328 g/mol. The maximum Gasteiger partial charge on any atom is 0.417 e. The standard InChI is InChI=1S/C16H15F3O4/c1-4-23-15(20)11-5-9-7-13(21-2)14(22-3)8-10(9)6-12(11)16(17,18)19/h5-8H,4H2,1-3H3. The summed E-state index contributed by atoms with van der Waals surface area (Å²) in [6.07, 6.45) is -4.68. The van der Waals surface area contributed by atoms with E-state index in [1.807, 2.05) is 0 Å². The number of esters is 1. The molecule has 0 radical (unpaired) electrons. The lowest BCUT2D eigenvalue weighted by atomic mass is 10.00. The van der Waals surface area contributed by atoms with Crippen LogP contribution >= 0.6 is 0 Å². The second-order valence-electron chi connectivity index (χ2n) is 4.67. The van der Waals surface area contributed by atoms with E-state index in [1.54, 1.807) is 0 Å². The summed E-state index contributed by atoms with van der Waals surface area (Å²) in [4.78, 5) is 11.9. The summed E-state index contributed by atoms with van der Waals surface area (Å²) < 4.78 is 54.7. The minimum Gasteiger partial charge on any atom is -0.493 e. The number of carbonyl (C=O) groups excluding carboxylic acids is 1. The third kappa shape index (κ3) is 3.33. The molecule has 0 aliphatic rings. The molecule has 0 amide bonds. The smallest absolute Gasteiger partial charge is 0.417 e. The molecular weight excluding hydrogens is 313 g/mol. The first-order valence-corrected chi connectivity index (χ1v) is 6.76. The van der Waals surface area contributed by atoms with Gasteiger partial charge in [-0.3, -0.25) is 0 Å². The molecule has 0 saturated heterocycles. The van der Waals surface area contributed by atoms with Crippen LogP contribution in [0.25, 0.3) is 10.8 Å². The maximum atomic E-state index is 13.2. The van der Waals surface area contributed by atoms with Gasteiger partial charge in [-0.2, -0.15) is 13.2 Å². The number of benzene rings is 2. The Morgan fingerprint density at radius 3 is 1.96 bits per heavy atom. The molecule has 0 unspecified atom stereocenters. The highest BCUT2D eigenvalue weighted by Gasteiger charge is 2.36. The summed E-state index contributed by atoms with van der Waals surface area (Å²) in [6, 6.07) is 5.00. The van der Waals surface area contributed by atoms with Crippen LogP contribution in [0.15, 0.2) is 24.3 Å². The zero-order valence-corrected chi connectivity index (χ0v) is 12.8. The number of carbonyl (C=O) groups is 1. The molecule has 0 atom stereocenters. The van der Waals surface area contributed by atoms with Crippen LogP contribution in [0.5, 0.6) is 11.5 Å². The lowest BCUT2D eigenvalue weighted by Crippen LogP contribution is -2.15. The summed E-state index contributed by atoms with van der Waals surface area (Å²) in [5.41, 5.74) is -1.57. The van der Waals surface area contributed by atoms with Crippen LogP contribution in [-0.4, -0.2) is 26.8 Å². The quantitative estimate of drug-likeness (QED) is 0.794. The van der Waals surface area contributed by atoms with Crippen molar-refractivity contribution in [1.29, 1.82) is 0 Å². The van der Waals surface area contributed by atoms with Crippen molar-refractivity contribution >= 4 is 16.7 Å². The fraction of sp³-hybridized carbons (Fsp3) is 0.312. The first-order chi connectivity index (χ1) is 10.8. The van der Waals surface area contributed by atoms with Gasteiger partial charge < -0.3 is 14.2 Å². The zero-order valence-electron chi connectivity index (χ0n) is 12.8. The molecule has 0 aromatic heterocycles. The SMILES string of the molecule is CCOC(=O)c1cc2cc(OC)c(OC)cc2cc1C(F)(F)F. The molecule has 2 rings (SSSR count). The van der Waals surface area contributed by atoms with E-state index in [0.29, 0.717) is 16.9 Å². The van der Waals surface area contributed by atoms with E-state index in [4.69, 9.17) is 14.2 Å². The topological polar surface area (TPSA) is 44.8 Å². The molecule has 0 fully saturated rings. The number of halogens is 3. The Morgan fingerprint density at radius 1 is 1.00 bits per heavy atom. The summed E-state index contributed by atoms with van der Waals surface area (Å²) >= 11 is 0. The van der Waals surface area contributed by atoms with Crippen LogP contribution in [0.3, 0.4) is 0 Å². The normalized spacial score (nSPS) is 11.4. The van der Waals surface area contributed by atoms with Crippen LogP contribution in [0.2, 0.25) is 0 Å². The highest BCUT2D eigenvalue weighted by Crippen LogP contribution is 2.38. The lowest BCUT2D eigenvalue weighted by Gasteiger charge is -2.15. The Balaban J connectivity index is 2.75. The minimum absolute atomic E-state index is 0.0138. The first-order valence-electron chi connectivity index (χ1n) is 6.76. The minimum atomic E-state index is -4.68. The van der Waals surface area contributed by atoms with Gasteiger partial charge in [-0.1, -0.05) is 0 Å². The van der Waals surface area contributed by atoms with Crippen LogP contribution in [0.4, 0.5) is 13.2 Å². The lowest BCUT2D eigenvalue weighted by molar-refractivity contribution is -0.138. The van der Waals surface area contributed by atoms with Gasteiger partial charge in [0.15, 0.2) is 11.5 Å². The Hall–Kier alpha value is -2.44. The van der Waals surface area contributed by atoms with Crippen molar-refractivity contribution in [3.8, 4) is 11.5 Å². The van der Waals surface area contributed by atoms with Crippen molar-refractivity contribution in [3.63, 3.8) is 0 Å². The van der Waals surface area contributed by atoms with Crippen molar-refractivity contribution < 1.29 is 32.2 Å².